The third-order valence-corrected chi connectivity index (χ3v) is 3.11. The predicted molar refractivity (Wildman–Crippen MR) is 70.2 cm³/mol. The van der Waals surface area contributed by atoms with Gasteiger partial charge in [0.1, 0.15) is 5.82 Å². The van der Waals surface area contributed by atoms with Gasteiger partial charge in [-0.3, -0.25) is 0 Å². The lowest BCUT2D eigenvalue weighted by Crippen LogP contribution is -2.36. The van der Waals surface area contributed by atoms with Crippen molar-refractivity contribution in [3.05, 3.63) is 34.1 Å². The Kier molecular flexibility index (Phi) is 6.05. The van der Waals surface area contributed by atoms with Crippen molar-refractivity contribution in [1.82, 2.24) is 5.32 Å². The standard InChI is InChI=1S/C12H18BrFN2O/c1-8(4-5-17)16-12(7-15)10-3-2-9(13)6-11(10)14/h2-3,6,8,12,16-17H,4-5,7,15H2,1H3. The summed E-state index contributed by atoms with van der Waals surface area (Å²) in [5.74, 6) is -0.279. The molecule has 0 aliphatic heterocycles. The van der Waals surface area contributed by atoms with Gasteiger partial charge in [0.05, 0.1) is 0 Å². The van der Waals surface area contributed by atoms with Crippen LogP contribution in [0.3, 0.4) is 0 Å². The Balaban J connectivity index is 2.79. The summed E-state index contributed by atoms with van der Waals surface area (Å²) in [5.41, 5.74) is 6.21. The average Bonchev–Trinajstić information content (AvgIpc) is 2.27. The molecule has 0 fully saturated rings. The molecule has 1 aromatic carbocycles. The largest absolute Gasteiger partial charge is 0.396 e. The maximum absolute atomic E-state index is 13.7. The molecule has 1 rings (SSSR count). The summed E-state index contributed by atoms with van der Waals surface area (Å²) in [5, 5.41) is 12.0. The number of aliphatic hydroxyl groups is 1. The highest BCUT2D eigenvalue weighted by atomic mass is 79.9. The molecule has 0 aromatic heterocycles. The van der Waals surface area contributed by atoms with Crippen LogP contribution in [0.2, 0.25) is 0 Å². The van der Waals surface area contributed by atoms with Crippen LogP contribution in [0, 0.1) is 5.82 Å². The zero-order valence-electron chi connectivity index (χ0n) is 9.79. The molecule has 0 amide bonds. The van der Waals surface area contributed by atoms with E-state index in [1.165, 1.54) is 6.07 Å². The molecule has 17 heavy (non-hydrogen) atoms. The van der Waals surface area contributed by atoms with E-state index in [0.717, 1.165) is 0 Å². The lowest BCUT2D eigenvalue weighted by atomic mass is 10.0. The van der Waals surface area contributed by atoms with Gasteiger partial charge in [0.25, 0.3) is 0 Å². The quantitative estimate of drug-likeness (QED) is 0.753. The van der Waals surface area contributed by atoms with Crippen molar-refractivity contribution < 1.29 is 9.50 Å². The fourth-order valence-corrected chi connectivity index (χ4v) is 2.02. The van der Waals surface area contributed by atoms with Crippen LogP contribution < -0.4 is 11.1 Å². The Morgan fingerprint density at radius 3 is 2.76 bits per heavy atom. The van der Waals surface area contributed by atoms with E-state index in [1.807, 2.05) is 6.92 Å². The van der Waals surface area contributed by atoms with Gasteiger partial charge in [-0.05, 0) is 25.5 Å². The number of hydrogen-bond donors (Lipinski definition) is 3. The SMILES string of the molecule is CC(CCO)NC(CN)c1ccc(Br)cc1F. The Bertz CT molecular complexity index is 362. The molecule has 3 nitrogen and oxygen atoms in total. The van der Waals surface area contributed by atoms with Gasteiger partial charge in [0.2, 0.25) is 0 Å². The van der Waals surface area contributed by atoms with E-state index in [1.54, 1.807) is 12.1 Å². The molecular formula is C12H18BrFN2O. The van der Waals surface area contributed by atoms with Crippen molar-refractivity contribution >= 4 is 15.9 Å². The van der Waals surface area contributed by atoms with Crippen molar-refractivity contribution in [1.29, 1.82) is 0 Å². The van der Waals surface area contributed by atoms with Crippen LogP contribution in [0.4, 0.5) is 4.39 Å². The van der Waals surface area contributed by atoms with Gasteiger partial charge in [-0.1, -0.05) is 22.0 Å². The van der Waals surface area contributed by atoms with E-state index in [9.17, 15) is 4.39 Å². The van der Waals surface area contributed by atoms with Gasteiger partial charge in [0.15, 0.2) is 0 Å². The minimum Gasteiger partial charge on any atom is -0.396 e. The number of hydrogen-bond acceptors (Lipinski definition) is 3. The molecule has 0 aliphatic carbocycles. The van der Waals surface area contributed by atoms with Gasteiger partial charge >= 0.3 is 0 Å². The van der Waals surface area contributed by atoms with Gasteiger partial charge in [-0.2, -0.15) is 0 Å². The second kappa shape index (κ2) is 7.06. The minimum absolute atomic E-state index is 0.0941. The lowest BCUT2D eigenvalue weighted by molar-refractivity contribution is 0.263. The van der Waals surface area contributed by atoms with Gasteiger partial charge < -0.3 is 16.2 Å². The summed E-state index contributed by atoms with van der Waals surface area (Å²) >= 11 is 3.22. The molecule has 1 aromatic rings. The number of nitrogens with one attached hydrogen (secondary N) is 1. The molecule has 0 heterocycles. The van der Waals surface area contributed by atoms with E-state index >= 15 is 0 Å². The molecular weight excluding hydrogens is 287 g/mol. The summed E-state index contributed by atoms with van der Waals surface area (Å²) in [6.07, 6.45) is 0.620. The van der Waals surface area contributed by atoms with Crippen LogP contribution in [-0.4, -0.2) is 24.3 Å². The van der Waals surface area contributed by atoms with Crippen LogP contribution in [0.1, 0.15) is 24.9 Å². The Hall–Kier alpha value is -0.490. The smallest absolute Gasteiger partial charge is 0.129 e. The molecule has 96 valence electrons. The Morgan fingerprint density at radius 2 is 2.24 bits per heavy atom. The van der Waals surface area contributed by atoms with Crippen LogP contribution in [0.25, 0.3) is 0 Å². The molecule has 4 N–H and O–H groups in total. The van der Waals surface area contributed by atoms with Gasteiger partial charge in [-0.15, -0.1) is 0 Å². The summed E-state index contributed by atoms with van der Waals surface area (Å²) in [6.45, 7) is 2.36. The Morgan fingerprint density at radius 1 is 1.53 bits per heavy atom. The second-order valence-corrected chi connectivity index (χ2v) is 4.95. The zero-order valence-corrected chi connectivity index (χ0v) is 11.4. The third-order valence-electron chi connectivity index (χ3n) is 2.62. The van der Waals surface area contributed by atoms with E-state index < -0.39 is 0 Å². The normalized spacial score (nSPS) is 14.6. The number of aliphatic hydroxyl groups excluding tert-OH is 1. The van der Waals surface area contributed by atoms with Gasteiger partial charge in [-0.25, -0.2) is 4.39 Å². The first-order valence-corrected chi connectivity index (χ1v) is 6.39. The topological polar surface area (TPSA) is 58.3 Å². The number of nitrogens with two attached hydrogens (primary N) is 1. The summed E-state index contributed by atoms with van der Waals surface area (Å²) in [4.78, 5) is 0. The first-order valence-electron chi connectivity index (χ1n) is 5.60. The Labute approximate surface area is 109 Å². The fraction of sp³-hybridized carbons (Fsp3) is 0.500. The van der Waals surface area contributed by atoms with Crippen LogP contribution >= 0.6 is 15.9 Å². The molecule has 0 saturated heterocycles. The van der Waals surface area contributed by atoms with Gasteiger partial charge in [0, 0.05) is 35.3 Å². The lowest BCUT2D eigenvalue weighted by Gasteiger charge is -2.22. The van der Waals surface area contributed by atoms with E-state index in [0.29, 0.717) is 23.0 Å². The fourth-order valence-electron chi connectivity index (χ4n) is 1.69. The van der Waals surface area contributed by atoms with Crippen molar-refractivity contribution in [2.24, 2.45) is 5.73 Å². The van der Waals surface area contributed by atoms with E-state index in [4.69, 9.17) is 10.8 Å². The highest BCUT2D eigenvalue weighted by molar-refractivity contribution is 9.10. The van der Waals surface area contributed by atoms with Crippen molar-refractivity contribution in [3.63, 3.8) is 0 Å². The second-order valence-electron chi connectivity index (χ2n) is 4.03. The summed E-state index contributed by atoms with van der Waals surface area (Å²) in [7, 11) is 0. The van der Waals surface area contributed by atoms with Crippen molar-refractivity contribution in [2.45, 2.75) is 25.4 Å². The van der Waals surface area contributed by atoms with Crippen molar-refractivity contribution in [3.8, 4) is 0 Å². The first kappa shape index (κ1) is 14.6. The molecule has 0 radical (unpaired) electrons. The average molecular weight is 305 g/mol. The molecule has 0 bridgehead atoms. The van der Waals surface area contributed by atoms with E-state index in [-0.39, 0.29) is 24.5 Å². The summed E-state index contributed by atoms with van der Waals surface area (Å²) < 4.78 is 14.5. The highest BCUT2D eigenvalue weighted by Gasteiger charge is 2.16. The van der Waals surface area contributed by atoms with Crippen molar-refractivity contribution in [2.75, 3.05) is 13.2 Å². The first-order chi connectivity index (χ1) is 8.08. The maximum atomic E-state index is 13.7. The maximum Gasteiger partial charge on any atom is 0.129 e. The molecule has 0 spiro atoms. The van der Waals surface area contributed by atoms with Crippen LogP contribution in [-0.2, 0) is 0 Å². The number of rotatable bonds is 6. The minimum atomic E-state index is -0.279. The summed E-state index contributed by atoms with van der Waals surface area (Å²) in [6, 6.07) is 4.80. The zero-order chi connectivity index (χ0) is 12.8. The molecule has 5 heteroatoms. The highest BCUT2D eigenvalue weighted by Crippen LogP contribution is 2.21. The van der Waals surface area contributed by atoms with E-state index in [2.05, 4.69) is 21.2 Å². The third kappa shape index (κ3) is 4.35. The molecule has 0 aliphatic rings. The molecule has 2 atom stereocenters. The molecule has 2 unspecified atom stereocenters. The molecule has 0 saturated carbocycles. The number of halogens is 2. The van der Waals surface area contributed by atoms with Crippen LogP contribution in [0.5, 0.6) is 0 Å². The monoisotopic (exact) mass is 304 g/mol. The predicted octanol–water partition coefficient (Wildman–Crippen LogP) is 1.95. The van der Waals surface area contributed by atoms with Crippen LogP contribution in [0.15, 0.2) is 22.7 Å². The number of benzene rings is 1.